The van der Waals surface area contributed by atoms with E-state index in [4.69, 9.17) is 0 Å². The van der Waals surface area contributed by atoms with E-state index in [1.165, 1.54) is 11.6 Å². The molecular weight excluding hydrogens is 334 g/mol. The molecule has 0 spiro atoms. The predicted octanol–water partition coefficient (Wildman–Crippen LogP) is 3.88. The van der Waals surface area contributed by atoms with E-state index < -0.39 is 0 Å². The lowest BCUT2D eigenvalue weighted by Crippen LogP contribution is -2.17. The lowest BCUT2D eigenvalue weighted by atomic mass is 10.2. The molecule has 0 saturated heterocycles. The average Bonchev–Trinajstić information content (AvgIpc) is 2.90. The zero-order valence-corrected chi connectivity index (χ0v) is 13.6. The van der Waals surface area contributed by atoms with Crippen LogP contribution in [0.25, 0.3) is 0 Å². The van der Waals surface area contributed by atoms with Crippen LogP contribution in [-0.4, -0.2) is 16.0 Å². The maximum absolute atomic E-state index is 11.0. The highest BCUT2D eigenvalue weighted by atomic mass is 79.9. The second-order valence-corrected chi connectivity index (χ2v) is 5.70. The normalized spacial score (nSPS) is 12.3. The standard InChI is InChI=1S/C15H18BrN3O2/c1-3-17-11(2)12-7-8-18(9-12)10-13-5-4-6-14(15(13)16)19(20)21/h4-9,11,17H,3,10H2,1-2H3. The minimum atomic E-state index is -0.373. The number of hydrogen-bond acceptors (Lipinski definition) is 3. The summed E-state index contributed by atoms with van der Waals surface area (Å²) in [5.74, 6) is 0. The van der Waals surface area contributed by atoms with Gasteiger partial charge in [-0.15, -0.1) is 0 Å². The number of nitrogens with zero attached hydrogens (tertiary/aromatic N) is 2. The Kier molecular flexibility index (Phi) is 5.14. The van der Waals surface area contributed by atoms with Crippen LogP contribution in [0.3, 0.4) is 0 Å². The molecule has 0 aliphatic rings. The molecule has 1 aromatic carbocycles. The zero-order valence-electron chi connectivity index (χ0n) is 12.0. The van der Waals surface area contributed by atoms with Crippen molar-refractivity contribution in [2.75, 3.05) is 6.54 Å². The van der Waals surface area contributed by atoms with Crippen molar-refractivity contribution >= 4 is 21.6 Å². The molecule has 1 heterocycles. The summed E-state index contributed by atoms with van der Waals surface area (Å²) in [5.41, 5.74) is 2.20. The quantitative estimate of drug-likeness (QED) is 0.634. The minimum Gasteiger partial charge on any atom is -0.350 e. The third-order valence-electron chi connectivity index (χ3n) is 3.39. The lowest BCUT2D eigenvalue weighted by molar-refractivity contribution is -0.385. The molecule has 0 aliphatic heterocycles. The highest BCUT2D eigenvalue weighted by Gasteiger charge is 2.15. The molecule has 5 nitrogen and oxygen atoms in total. The van der Waals surface area contributed by atoms with Crippen LogP contribution < -0.4 is 5.32 Å². The van der Waals surface area contributed by atoms with E-state index in [-0.39, 0.29) is 10.6 Å². The van der Waals surface area contributed by atoms with Crippen LogP contribution in [0, 0.1) is 10.1 Å². The summed E-state index contributed by atoms with van der Waals surface area (Å²) < 4.78 is 2.58. The van der Waals surface area contributed by atoms with Crippen LogP contribution in [0.2, 0.25) is 0 Å². The van der Waals surface area contributed by atoms with Gasteiger partial charge in [0.2, 0.25) is 0 Å². The molecule has 0 saturated carbocycles. The molecule has 21 heavy (non-hydrogen) atoms. The van der Waals surface area contributed by atoms with Gasteiger partial charge < -0.3 is 9.88 Å². The number of nitrogens with one attached hydrogen (secondary N) is 1. The fourth-order valence-corrected chi connectivity index (χ4v) is 2.80. The minimum absolute atomic E-state index is 0.0981. The summed E-state index contributed by atoms with van der Waals surface area (Å²) >= 11 is 3.33. The summed E-state index contributed by atoms with van der Waals surface area (Å²) in [7, 11) is 0. The molecule has 1 N–H and O–H groups in total. The first-order valence-corrected chi connectivity index (χ1v) is 7.63. The van der Waals surface area contributed by atoms with Crippen molar-refractivity contribution in [2.24, 2.45) is 0 Å². The van der Waals surface area contributed by atoms with Crippen LogP contribution in [0.5, 0.6) is 0 Å². The van der Waals surface area contributed by atoms with Gasteiger partial charge in [0.1, 0.15) is 4.47 Å². The molecule has 2 rings (SSSR count). The zero-order chi connectivity index (χ0) is 15.4. The fraction of sp³-hybridized carbons (Fsp3) is 0.333. The second kappa shape index (κ2) is 6.87. The van der Waals surface area contributed by atoms with Gasteiger partial charge in [0.15, 0.2) is 0 Å². The number of rotatable bonds is 6. The fourth-order valence-electron chi connectivity index (χ4n) is 2.26. The largest absolute Gasteiger partial charge is 0.350 e. The number of halogens is 1. The van der Waals surface area contributed by atoms with Gasteiger partial charge in [-0.2, -0.15) is 0 Å². The maximum Gasteiger partial charge on any atom is 0.283 e. The molecule has 112 valence electrons. The Morgan fingerprint density at radius 3 is 2.86 bits per heavy atom. The van der Waals surface area contributed by atoms with Gasteiger partial charge in [-0.05, 0) is 46.6 Å². The number of nitro benzene ring substituents is 1. The molecule has 2 aromatic rings. The van der Waals surface area contributed by atoms with E-state index in [1.54, 1.807) is 6.07 Å². The Morgan fingerprint density at radius 1 is 1.43 bits per heavy atom. The van der Waals surface area contributed by atoms with Crippen molar-refractivity contribution in [3.05, 3.63) is 62.4 Å². The second-order valence-electron chi connectivity index (χ2n) is 4.90. The highest BCUT2D eigenvalue weighted by Crippen LogP contribution is 2.29. The van der Waals surface area contributed by atoms with Gasteiger partial charge in [-0.25, -0.2) is 0 Å². The smallest absolute Gasteiger partial charge is 0.283 e. The van der Waals surface area contributed by atoms with Crippen LogP contribution in [0.15, 0.2) is 41.1 Å². The Balaban J connectivity index is 2.19. The van der Waals surface area contributed by atoms with Crippen LogP contribution in [-0.2, 0) is 6.54 Å². The lowest BCUT2D eigenvalue weighted by Gasteiger charge is -2.10. The van der Waals surface area contributed by atoms with Gasteiger partial charge in [0, 0.05) is 31.0 Å². The number of aromatic nitrogens is 1. The van der Waals surface area contributed by atoms with E-state index in [9.17, 15) is 10.1 Å². The molecular formula is C15H18BrN3O2. The highest BCUT2D eigenvalue weighted by molar-refractivity contribution is 9.10. The Hall–Kier alpha value is -1.66. The van der Waals surface area contributed by atoms with Crippen LogP contribution in [0.1, 0.15) is 31.0 Å². The maximum atomic E-state index is 11.0. The number of hydrogen-bond donors (Lipinski definition) is 1. The molecule has 1 aromatic heterocycles. The van der Waals surface area contributed by atoms with Gasteiger partial charge in [-0.1, -0.05) is 19.1 Å². The van der Waals surface area contributed by atoms with Crippen LogP contribution >= 0.6 is 15.9 Å². The van der Waals surface area contributed by atoms with Crippen molar-refractivity contribution in [3.8, 4) is 0 Å². The predicted molar refractivity (Wildman–Crippen MR) is 86.4 cm³/mol. The van der Waals surface area contributed by atoms with E-state index in [0.29, 0.717) is 17.1 Å². The SMILES string of the molecule is CCNC(C)c1ccn(Cc2cccc([N+](=O)[O-])c2Br)c1. The van der Waals surface area contributed by atoms with Crippen molar-refractivity contribution in [2.45, 2.75) is 26.4 Å². The number of benzene rings is 1. The van der Waals surface area contributed by atoms with Crippen molar-refractivity contribution in [1.29, 1.82) is 0 Å². The summed E-state index contributed by atoms with van der Waals surface area (Å²) in [6.07, 6.45) is 4.06. The first-order valence-electron chi connectivity index (χ1n) is 6.83. The summed E-state index contributed by atoms with van der Waals surface area (Å²) in [6.45, 7) is 5.71. The third kappa shape index (κ3) is 3.71. The monoisotopic (exact) mass is 351 g/mol. The van der Waals surface area contributed by atoms with Gasteiger partial charge in [0.25, 0.3) is 5.69 Å². The molecule has 1 atom stereocenters. The summed E-state index contributed by atoms with van der Waals surface area (Å²) in [5, 5.41) is 14.3. The summed E-state index contributed by atoms with van der Waals surface area (Å²) in [4.78, 5) is 10.6. The van der Waals surface area contributed by atoms with E-state index in [0.717, 1.165) is 12.1 Å². The van der Waals surface area contributed by atoms with Crippen molar-refractivity contribution in [1.82, 2.24) is 9.88 Å². The topological polar surface area (TPSA) is 60.1 Å². The number of nitro groups is 1. The molecule has 1 unspecified atom stereocenters. The first-order chi connectivity index (χ1) is 10.0. The van der Waals surface area contributed by atoms with E-state index in [2.05, 4.69) is 47.4 Å². The first kappa shape index (κ1) is 15.7. The molecule has 0 aliphatic carbocycles. The van der Waals surface area contributed by atoms with Crippen molar-refractivity contribution < 1.29 is 4.92 Å². The van der Waals surface area contributed by atoms with E-state index >= 15 is 0 Å². The molecule has 0 bridgehead atoms. The molecule has 0 radical (unpaired) electrons. The molecule has 0 amide bonds. The van der Waals surface area contributed by atoms with Crippen LogP contribution in [0.4, 0.5) is 5.69 Å². The Labute approximate surface area is 132 Å². The molecule has 0 fully saturated rings. The van der Waals surface area contributed by atoms with Crippen molar-refractivity contribution in [3.63, 3.8) is 0 Å². The van der Waals surface area contributed by atoms with Gasteiger partial charge in [-0.3, -0.25) is 10.1 Å². The Bertz CT molecular complexity index is 640. The average molecular weight is 352 g/mol. The summed E-state index contributed by atoms with van der Waals surface area (Å²) in [6, 6.07) is 7.47. The third-order valence-corrected chi connectivity index (χ3v) is 4.31. The van der Waals surface area contributed by atoms with Gasteiger partial charge in [0.05, 0.1) is 4.92 Å². The van der Waals surface area contributed by atoms with E-state index in [1.807, 2.05) is 16.8 Å². The van der Waals surface area contributed by atoms with Gasteiger partial charge >= 0.3 is 0 Å². The molecule has 6 heteroatoms. The Morgan fingerprint density at radius 2 is 2.19 bits per heavy atom.